The van der Waals surface area contributed by atoms with Crippen molar-refractivity contribution in [3.05, 3.63) is 12.3 Å². The van der Waals surface area contributed by atoms with Crippen molar-refractivity contribution < 1.29 is 4.74 Å². The van der Waals surface area contributed by atoms with Gasteiger partial charge in [-0.1, -0.05) is 81.2 Å². The van der Waals surface area contributed by atoms with Crippen LogP contribution in [0.5, 0.6) is 0 Å². The van der Waals surface area contributed by atoms with Crippen molar-refractivity contribution in [3.8, 4) is 0 Å². The van der Waals surface area contributed by atoms with Gasteiger partial charge in [0.1, 0.15) is 0 Å². The third-order valence-electron chi connectivity index (χ3n) is 3.28. The van der Waals surface area contributed by atoms with Crippen molar-refractivity contribution in [2.45, 2.75) is 87.5 Å². The predicted octanol–water partition coefficient (Wildman–Crippen LogP) is 6.18. The van der Waals surface area contributed by atoms with Crippen LogP contribution in [-0.4, -0.2) is 19.8 Å². The van der Waals surface area contributed by atoms with E-state index in [4.69, 9.17) is 4.74 Å². The Morgan fingerprint density at radius 2 is 1.41 bits per heavy atom. The maximum absolute atomic E-state index is 5.94. The van der Waals surface area contributed by atoms with E-state index in [9.17, 15) is 0 Å². The average Bonchev–Trinajstić information content (AvgIpc) is 2.37. The zero-order valence-electron chi connectivity index (χ0n) is 16.8. The molecule has 0 aromatic carbocycles. The number of ether oxygens (including phenoxy) is 1. The molecule has 0 aliphatic carbocycles. The fourth-order valence-corrected chi connectivity index (χ4v) is 2.16. The average molecular weight is 314 g/mol. The van der Waals surface area contributed by atoms with E-state index in [-0.39, 0.29) is 5.41 Å². The molecule has 0 amide bonds. The molecular formula is C20H43NO. The van der Waals surface area contributed by atoms with Crippen molar-refractivity contribution >= 4 is 0 Å². The third kappa shape index (κ3) is 15.9. The third-order valence-corrected chi connectivity index (χ3v) is 3.28. The van der Waals surface area contributed by atoms with E-state index in [0.717, 1.165) is 38.3 Å². The van der Waals surface area contributed by atoms with E-state index >= 15 is 0 Å². The summed E-state index contributed by atoms with van der Waals surface area (Å²) in [7, 11) is 0. The molecule has 0 heterocycles. The second-order valence-corrected chi connectivity index (χ2v) is 7.99. The van der Waals surface area contributed by atoms with Crippen LogP contribution in [0, 0.1) is 10.8 Å². The molecule has 0 saturated heterocycles. The first-order valence-electron chi connectivity index (χ1n) is 9.13. The van der Waals surface area contributed by atoms with Crippen molar-refractivity contribution in [2.24, 2.45) is 10.8 Å². The lowest BCUT2D eigenvalue weighted by molar-refractivity contribution is 0.0130. The summed E-state index contributed by atoms with van der Waals surface area (Å²) >= 11 is 0. The highest BCUT2D eigenvalue weighted by Crippen LogP contribution is 2.24. The number of allylic oxidation sites excluding steroid dienone is 1. The quantitative estimate of drug-likeness (QED) is 0.492. The van der Waals surface area contributed by atoms with Gasteiger partial charge in [0, 0.05) is 17.7 Å². The van der Waals surface area contributed by atoms with Crippen LogP contribution in [0.3, 0.4) is 0 Å². The van der Waals surface area contributed by atoms with Crippen molar-refractivity contribution in [3.63, 3.8) is 0 Å². The van der Waals surface area contributed by atoms with Crippen LogP contribution in [0.4, 0.5) is 0 Å². The molecule has 0 rings (SSSR count). The van der Waals surface area contributed by atoms with Gasteiger partial charge in [0.2, 0.25) is 0 Å². The monoisotopic (exact) mass is 313 g/mol. The van der Waals surface area contributed by atoms with Crippen LogP contribution in [0.25, 0.3) is 0 Å². The first kappa shape index (κ1) is 23.8. The maximum atomic E-state index is 5.94. The van der Waals surface area contributed by atoms with Crippen LogP contribution in [-0.2, 0) is 4.74 Å². The maximum Gasteiger partial charge on any atom is 0.0534 e. The van der Waals surface area contributed by atoms with E-state index in [1.54, 1.807) is 0 Å². The van der Waals surface area contributed by atoms with E-state index < -0.39 is 0 Å². The molecule has 0 aromatic heterocycles. The minimum Gasteiger partial charge on any atom is -0.388 e. The van der Waals surface area contributed by atoms with Gasteiger partial charge in [0.25, 0.3) is 0 Å². The van der Waals surface area contributed by atoms with Gasteiger partial charge >= 0.3 is 0 Å². The van der Waals surface area contributed by atoms with Gasteiger partial charge < -0.3 is 10.1 Å². The summed E-state index contributed by atoms with van der Waals surface area (Å²) < 4.78 is 5.94. The van der Waals surface area contributed by atoms with Crippen molar-refractivity contribution in [1.29, 1.82) is 0 Å². The first-order chi connectivity index (χ1) is 10.1. The highest BCUT2D eigenvalue weighted by Gasteiger charge is 2.22. The summed E-state index contributed by atoms with van der Waals surface area (Å²) in [6.45, 7) is 24.3. The minimum atomic E-state index is 0.152. The largest absolute Gasteiger partial charge is 0.388 e. The summed E-state index contributed by atoms with van der Waals surface area (Å²) in [5.74, 6) is 0. The molecule has 0 atom stereocenters. The Morgan fingerprint density at radius 1 is 0.909 bits per heavy atom. The van der Waals surface area contributed by atoms with Gasteiger partial charge in [-0.2, -0.15) is 0 Å². The number of rotatable bonds is 11. The number of hydrogen-bond donors (Lipinski definition) is 1. The van der Waals surface area contributed by atoms with E-state index in [0.29, 0.717) is 5.41 Å². The highest BCUT2D eigenvalue weighted by molar-refractivity contribution is 4.92. The normalized spacial score (nSPS) is 11.6. The Bertz CT molecular complexity index is 269. The molecule has 0 aliphatic rings. The van der Waals surface area contributed by atoms with Gasteiger partial charge in [0.15, 0.2) is 0 Å². The van der Waals surface area contributed by atoms with Gasteiger partial charge in [-0.25, -0.2) is 0 Å². The zero-order valence-corrected chi connectivity index (χ0v) is 16.8. The topological polar surface area (TPSA) is 21.3 Å². The molecule has 1 N–H and O–H groups in total. The molecule has 0 aromatic rings. The lowest BCUT2D eigenvalue weighted by atomic mass is 9.89. The molecule has 0 radical (unpaired) electrons. The Hall–Kier alpha value is -0.500. The van der Waals surface area contributed by atoms with Crippen LogP contribution in [0.2, 0.25) is 0 Å². The summed E-state index contributed by atoms with van der Waals surface area (Å²) in [5, 5.41) is 3.42. The molecule has 0 spiro atoms. The smallest absolute Gasteiger partial charge is 0.0534 e. The molecule has 134 valence electrons. The molecule has 0 bridgehead atoms. The molecule has 2 heteroatoms. The second kappa shape index (κ2) is 13.0. The molecular weight excluding hydrogens is 270 g/mol. The Morgan fingerprint density at radius 3 is 1.86 bits per heavy atom. The molecule has 0 unspecified atom stereocenters. The molecule has 0 fully saturated rings. The van der Waals surface area contributed by atoms with Crippen molar-refractivity contribution in [1.82, 2.24) is 5.32 Å². The van der Waals surface area contributed by atoms with Crippen LogP contribution < -0.4 is 5.32 Å². The van der Waals surface area contributed by atoms with E-state index in [1.165, 1.54) is 19.3 Å². The van der Waals surface area contributed by atoms with E-state index in [2.05, 4.69) is 67.3 Å². The lowest BCUT2D eigenvalue weighted by Crippen LogP contribution is -2.34. The first-order valence-corrected chi connectivity index (χ1v) is 9.13. The summed E-state index contributed by atoms with van der Waals surface area (Å²) in [5.41, 5.74) is 1.59. The Balaban J connectivity index is 0. The molecule has 0 saturated carbocycles. The van der Waals surface area contributed by atoms with Crippen LogP contribution in [0.15, 0.2) is 12.3 Å². The minimum absolute atomic E-state index is 0.152. The van der Waals surface area contributed by atoms with Crippen LogP contribution >= 0.6 is 0 Å². The summed E-state index contributed by atoms with van der Waals surface area (Å²) in [6.07, 6.45) is 5.89. The SMILES string of the molecule is C=C(CCC)NCC(C)(C)COCC(C)(C)CCC.CCC. The molecule has 2 nitrogen and oxygen atoms in total. The molecule has 0 aliphatic heterocycles. The Labute approximate surface area is 141 Å². The number of nitrogens with one attached hydrogen (secondary N) is 1. The van der Waals surface area contributed by atoms with Gasteiger partial charge in [0.05, 0.1) is 13.2 Å². The lowest BCUT2D eigenvalue weighted by Gasteiger charge is -2.29. The Kier molecular flexibility index (Phi) is 14.0. The van der Waals surface area contributed by atoms with Gasteiger partial charge in [-0.3, -0.25) is 0 Å². The van der Waals surface area contributed by atoms with Crippen LogP contribution in [0.1, 0.15) is 87.5 Å². The van der Waals surface area contributed by atoms with E-state index in [1.807, 2.05) is 0 Å². The van der Waals surface area contributed by atoms with Gasteiger partial charge in [-0.05, 0) is 18.3 Å². The predicted molar refractivity (Wildman–Crippen MR) is 101 cm³/mol. The zero-order chi connectivity index (χ0) is 17.6. The fraction of sp³-hybridized carbons (Fsp3) is 0.900. The van der Waals surface area contributed by atoms with Crippen molar-refractivity contribution in [2.75, 3.05) is 19.8 Å². The number of hydrogen-bond acceptors (Lipinski definition) is 2. The van der Waals surface area contributed by atoms with Gasteiger partial charge in [-0.15, -0.1) is 0 Å². The standard InChI is InChI=1S/C17H35NO.C3H8/c1-8-10-15(3)18-12-17(6,7)14-19-13-16(4,5)11-9-2;1-3-2/h18H,3,8-14H2,1-2,4-7H3;3H2,1-2H3. The summed E-state index contributed by atoms with van der Waals surface area (Å²) in [6, 6.07) is 0. The molecule has 22 heavy (non-hydrogen) atoms. The highest BCUT2D eigenvalue weighted by atomic mass is 16.5. The summed E-state index contributed by atoms with van der Waals surface area (Å²) in [4.78, 5) is 0. The fourth-order valence-electron chi connectivity index (χ4n) is 2.16. The second-order valence-electron chi connectivity index (χ2n) is 7.99.